The summed E-state index contributed by atoms with van der Waals surface area (Å²) in [6, 6.07) is -0.428. The molecular weight excluding hydrogens is 296 g/mol. The van der Waals surface area contributed by atoms with Crippen molar-refractivity contribution >= 4 is 40.8 Å². The van der Waals surface area contributed by atoms with E-state index in [1.54, 1.807) is 23.9 Å². The van der Waals surface area contributed by atoms with Crippen LogP contribution in [0.2, 0.25) is 0 Å². The fraction of sp³-hybridized carbons (Fsp3) is 0.462. The molecule has 1 saturated heterocycles. The van der Waals surface area contributed by atoms with E-state index in [4.69, 9.17) is 17.3 Å². The first-order valence-electron chi connectivity index (χ1n) is 6.29. The molecule has 2 aliphatic heterocycles. The fourth-order valence-electron chi connectivity index (χ4n) is 2.21. The standard InChI is InChI=1S/C13H16N2O3S2/c1-3-4-5-9(19)14-10-11(16)15-8(13(17)18)6-7(2)20-12(10)15/h3,6-7,10,12H,1,4-5H2,2H3,(H,14,19)(H,17,18)/t7?,10?,12-/m1/s1. The minimum Gasteiger partial charge on any atom is -0.477 e. The van der Waals surface area contributed by atoms with Crippen molar-refractivity contribution in [1.29, 1.82) is 0 Å². The third-order valence-electron chi connectivity index (χ3n) is 3.16. The van der Waals surface area contributed by atoms with Gasteiger partial charge in [0.05, 0.1) is 4.99 Å². The van der Waals surface area contributed by atoms with Crippen LogP contribution in [0, 0.1) is 0 Å². The van der Waals surface area contributed by atoms with Crippen LogP contribution < -0.4 is 5.32 Å². The Bertz CT molecular complexity index is 504. The molecule has 2 aliphatic rings. The number of thioether (sulfide) groups is 1. The van der Waals surface area contributed by atoms with Crippen molar-refractivity contribution in [3.05, 3.63) is 24.4 Å². The highest BCUT2D eigenvalue weighted by Gasteiger charge is 2.53. The Hall–Kier alpha value is -1.34. The fourth-order valence-corrected chi connectivity index (χ4v) is 3.78. The molecule has 1 amide bonds. The number of aliphatic carboxylic acids is 1. The number of hydrogen-bond acceptors (Lipinski definition) is 4. The van der Waals surface area contributed by atoms with Crippen molar-refractivity contribution in [2.45, 2.75) is 36.4 Å². The molecule has 0 aliphatic carbocycles. The van der Waals surface area contributed by atoms with E-state index in [-0.39, 0.29) is 22.2 Å². The summed E-state index contributed by atoms with van der Waals surface area (Å²) in [5.41, 5.74) is 0.0707. The number of thiocarbonyl (C=S) groups is 1. The second kappa shape index (κ2) is 5.97. The number of β-lactam (4-membered cyclic amide) rings is 1. The van der Waals surface area contributed by atoms with E-state index < -0.39 is 12.0 Å². The lowest BCUT2D eigenvalue weighted by Crippen LogP contribution is -2.70. The summed E-state index contributed by atoms with van der Waals surface area (Å²) >= 11 is 6.74. The smallest absolute Gasteiger partial charge is 0.352 e. The number of fused-ring (bicyclic) bond motifs is 1. The summed E-state index contributed by atoms with van der Waals surface area (Å²) in [6.45, 7) is 5.54. The van der Waals surface area contributed by atoms with Gasteiger partial charge in [0, 0.05) is 11.7 Å². The number of rotatable bonds is 5. The molecule has 2 N–H and O–H groups in total. The first-order valence-corrected chi connectivity index (χ1v) is 7.64. The van der Waals surface area contributed by atoms with E-state index in [1.807, 2.05) is 6.92 Å². The van der Waals surface area contributed by atoms with Gasteiger partial charge in [-0.3, -0.25) is 9.69 Å². The predicted octanol–water partition coefficient (Wildman–Crippen LogP) is 1.51. The molecule has 0 spiro atoms. The monoisotopic (exact) mass is 312 g/mol. The Morgan fingerprint density at radius 3 is 3.00 bits per heavy atom. The minimum absolute atomic E-state index is 0.0569. The zero-order valence-electron chi connectivity index (χ0n) is 11.0. The maximum absolute atomic E-state index is 12.1. The normalized spacial score (nSPS) is 28.1. The van der Waals surface area contributed by atoms with Gasteiger partial charge in [-0.25, -0.2) is 4.79 Å². The predicted molar refractivity (Wildman–Crippen MR) is 82.4 cm³/mol. The summed E-state index contributed by atoms with van der Waals surface area (Å²) in [7, 11) is 0. The lowest BCUT2D eigenvalue weighted by Gasteiger charge is -2.49. The maximum Gasteiger partial charge on any atom is 0.352 e. The van der Waals surface area contributed by atoms with E-state index in [1.165, 1.54) is 4.90 Å². The molecule has 0 saturated carbocycles. The van der Waals surface area contributed by atoms with Crippen molar-refractivity contribution in [2.24, 2.45) is 0 Å². The van der Waals surface area contributed by atoms with Crippen LogP contribution in [0.4, 0.5) is 0 Å². The lowest BCUT2D eigenvalue weighted by atomic mass is 10.0. The average molecular weight is 312 g/mol. The Labute approximate surface area is 127 Å². The number of allylic oxidation sites excluding steroid dienone is 1. The van der Waals surface area contributed by atoms with E-state index in [9.17, 15) is 9.59 Å². The molecule has 108 valence electrons. The van der Waals surface area contributed by atoms with Gasteiger partial charge in [-0.15, -0.1) is 18.3 Å². The molecule has 2 unspecified atom stereocenters. The first-order chi connectivity index (χ1) is 9.45. The third kappa shape index (κ3) is 2.73. The second-order valence-corrected chi connectivity index (χ2v) is 6.66. The summed E-state index contributed by atoms with van der Waals surface area (Å²) in [5, 5.41) is 12.0. The van der Waals surface area contributed by atoms with Crippen LogP contribution in [0.3, 0.4) is 0 Å². The molecule has 3 atom stereocenters. The van der Waals surface area contributed by atoms with Gasteiger partial charge in [0.15, 0.2) is 0 Å². The zero-order valence-corrected chi connectivity index (χ0v) is 12.7. The van der Waals surface area contributed by atoms with Gasteiger partial charge >= 0.3 is 5.97 Å². The van der Waals surface area contributed by atoms with Gasteiger partial charge in [0.2, 0.25) is 0 Å². The molecule has 0 aromatic heterocycles. The number of carboxylic acid groups (broad SMARTS) is 1. The van der Waals surface area contributed by atoms with E-state index in [2.05, 4.69) is 11.9 Å². The highest BCUT2D eigenvalue weighted by molar-refractivity contribution is 8.00. The number of carboxylic acids is 1. The Morgan fingerprint density at radius 2 is 2.40 bits per heavy atom. The number of nitrogens with one attached hydrogen (secondary N) is 1. The van der Waals surface area contributed by atoms with Crippen LogP contribution in [0.25, 0.3) is 0 Å². The van der Waals surface area contributed by atoms with Crippen LogP contribution in [0.15, 0.2) is 24.4 Å². The van der Waals surface area contributed by atoms with Gasteiger partial charge in [0.25, 0.3) is 5.91 Å². The van der Waals surface area contributed by atoms with Crippen molar-refractivity contribution < 1.29 is 14.7 Å². The Balaban J connectivity index is 2.05. The molecule has 5 nitrogen and oxygen atoms in total. The summed E-state index contributed by atoms with van der Waals surface area (Å²) < 4.78 is 0. The van der Waals surface area contributed by atoms with E-state index in [0.717, 1.165) is 6.42 Å². The SMILES string of the molecule is C=CCCC(=S)NC1C(=O)N2C(C(=O)O)=CC(C)S[C@H]12. The molecule has 1 fully saturated rings. The van der Waals surface area contributed by atoms with Gasteiger partial charge in [0.1, 0.15) is 17.1 Å². The molecule has 7 heteroatoms. The van der Waals surface area contributed by atoms with Crippen molar-refractivity contribution in [1.82, 2.24) is 10.2 Å². The summed E-state index contributed by atoms with van der Waals surface area (Å²) in [4.78, 5) is 25.2. The van der Waals surface area contributed by atoms with Crippen LogP contribution in [-0.2, 0) is 9.59 Å². The Kier molecular flexibility index (Phi) is 4.49. The average Bonchev–Trinajstić information content (AvgIpc) is 2.41. The van der Waals surface area contributed by atoms with Gasteiger partial charge in [-0.1, -0.05) is 18.3 Å². The molecule has 2 rings (SSSR count). The molecule has 0 aromatic rings. The molecular formula is C13H16N2O3S2. The largest absolute Gasteiger partial charge is 0.477 e. The number of carbonyl (C=O) groups excluding carboxylic acids is 1. The molecule has 0 bridgehead atoms. The van der Waals surface area contributed by atoms with E-state index >= 15 is 0 Å². The van der Waals surface area contributed by atoms with E-state index in [0.29, 0.717) is 11.4 Å². The van der Waals surface area contributed by atoms with Crippen molar-refractivity contribution in [3.63, 3.8) is 0 Å². The summed E-state index contributed by atoms with van der Waals surface area (Å²) in [5.74, 6) is -1.30. The maximum atomic E-state index is 12.1. The van der Waals surface area contributed by atoms with Crippen LogP contribution in [-0.4, -0.2) is 43.5 Å². The first kappa shape index (κ1) is 15.1. The van der Waals surface area contributed by atoms with Crippen LogP contribution >= 0.6 is 24.0 Å². The third-order valence-corrected chi connectivity index (χ3v) is 4.81. The molecule has 20 heavy (non-hydrogen) atoms. The lowest BCUT2D eigenvalue weighted by molar-refractivity contribution is -0.148. The van der Waals surface area contributed by atoms with Gasteiger partial charge < -0.3 is 10.4 Å². The molecule has 0 radical (unpaired) electrons. The number of carbonyl (C=O) groups is 2. The number of nitrogens with zero attached hydrogens (tertiary/aromatic N) is 1. The highest BCUT2D eigenvalue weighted by Crippen LogP contribution is 2.40. The van der Waals surface area contributed by atoms with Crippen LogP contribution in [0.1, 0.15) is 19.8 Å². The van der Waals surface area contributed by atoms with Gasteiger partial charge in [-0.2, -0.15) is 0 Å². The van der Waals surface area contributed by atoms with Gasteiger partial charge in [-0.05, 0) is 19.4 Å². The Morgan fingerprint density at radius 1 is 1.70 bits per heavy atom. The molecule has 0 aromatic carbocycles. The minimum atomic E-state index is -1.07. The second-order valence-electron chi connectivity index (χ2n) is 4.67. The highest BCUT2D eigenvalue weighted by atomic mass is 32.2. The summed E-state index contributed by atoms with van der Waals surface area (Å²) in [6.07, 6.45) is 4.78. The zero-order chi connectivity index (χ0) is 14.9. The molecule has 2 heterocycles. The number of hydrogen-bond donors (Lipinski definition) is 2. The van der Waals surface area contributed by atoms with Crippen molar-refractivity contribution in [3.8, 4) is 0 Å². The number of amides is 1. The quantitative estimate of drug-likeness (QED) is 0.456. The van der Waals surface area contributed by atoms with Crippen molar-refractivity contribution in [2.75, 3.05) is 0 Å². The topological polar surface area (TPSA) is 69.6 Å². The van der Waals surface area contributed by atoms with Crippen LogP contribution in [0.5, 0.6) is 0 Å².